The molecule has 0 heterocycles. The normalized spacial score (nSPS) is 8.00. The number of hydrogen-bond acceptors (Lipinski definition) is 2. The van der Waals surface area contributed by atoms with Crippen molar-refractivity contribution in [1.29, 1.82) is 0 Å². The topological polar surface area (TPSA) is 74.6 Å². The van der Waals surface area contributed by atoms with Gasteiger partial charge >= 0.3 is 11.9 Å². The number of carboxylic acid groups (broad SMARTS) is 2. The summed E-state index contributed by atoms with van der Waals surface area (Å²) in [5, 5.41) is 15.6. The van der Waals surface area contributed by atoms with E-state index >= 15 is 0 Å². The van der Waals surface area contributed by atoms with Crippen molar-refractivity contribution in [3.63, 3.8) is 0 Å². The number of carboxylic acids is 2. The highest BCUT2D eigenvalue weighted by Crippen LogP contribution is 1.74. The second-order valence-corrected chi connectivity index (χ2v) is 3.42. The third-order valence-electron chi connectivity index (χ3n) is 0.368. The van der Waals surface area contributed by atoms with Gasteiger partial charge in [0.25, 0.3) is 0 Å². The van der Waals surface area contributed by atoms with Crippen molar-refractivity contribution in [2.24, 2.45) is 0 Å². The number of allylic oxidation sites excluding steroid dienone is 2. The summed E-state index contributed by atoms with van der Waals surface area (Å²) in [6, 6.07) is 0. The van der Waals surface area contributed by atoms with Crippen molar-refractivity contribution < 1.29 is 19.8 Å². The van der Waals surface area contributed by atoms with E-state index in [2.05, 4.69) is 13.2 Å². The maximum Gasteiger partial charge on any atom is 0.328 e. The van der Waals surface area contributed by atoms with Gasteiger partial charge in [-0.05, 0) is 27.7 Å². The minimum Gasteiger partial charge on any atom is -0.478 e. The Hall–Kier alpha value is -1.84. The highest BCUT2D eigenvalue weighted by atomic mass is 16.4. The lowest BCUT2D eigenvalue weighted by molar-refractivity contribution is -0.134. The van der Waals surface area contributed by atoms with Gasteiger partial charge in [-0.15, -0.1) is 13.2 Å². The van der Waals surface area contributed by atoms with Crippen LogP contribution in [0.1, 0.15) is 27.7 Å². The molecule has 0 aromatic heterocycles. The monoisotopic (exact) mass is 228 g/mol. The van der Waals surface area contributed by atoms with Crippen molar-refractivity contribution >= 4 is 11.9 Å². The molecule has 4 heteroatoms. The lowest BCUT2D eigenvalue weighted by Crippen LogP contribution is -1.91. The van der Waals surface area contributed by atoms with Gasteiger partial charge in [0.2, 0.25) is 0 Å². The van der Waals surface area contributed by atoms with Crippen molar-refractivity contribution in [2.75, 3.05) is 0 Å². The van der Waals surface area contributed by atoms with Gasteiger partial charge in [0.15, 0.2) is 0 Å². The van der Waals surface area contributed by atoms with E-state index in [9.17, 15) is 9.59 Å². The zero-order valence-electron chi connectivity index (χ0n) is 10.3. The predicted molar refractivity (Wildman–Crippen MR) is 65.4 cm³/mol. The van der Waals surface area contributed by atoms with Gasteiger partial charge in [-0.3, -0.25) is 0 Å². The number of aliphatic carboxylic acids is 2. The van der Waals surface area contributed by atoms with Gasteiger partial charge in [0, 0.05) is 12.2 Å². The fourth-order valence-corrected chi connectivity index (χ4v) is 0.143. The zero-order chi connectivity index (χ0) is 13.7. The van der Waals surface area contributed by atoms with Crippen LogP contribution >= 0.6 is 0 Å². The van der Waals surface area contributed by atoms with E-state index in [0.29, 0.717) is 12.2 Å². The number of rotatable bonds is 2. The lowest BCUT2D eigenvalue weighted by Gasteiger charge is -1.74. The molecule has 0 atom stereocenters. The predicted octanol–water partition coefficient (Wildman–Crippen LogP) is 2.88. The van der Waals surface area contributed by atoms with Gasteiger partial charge in [-0.2, -0.15) is 0 Å². The van der Waals surface area contributed by atoms with Crippen molar-refractivity contribution in [2.45, 2.75) is 27.7 Å². The zero-order valence-corrected chi connectivity index (χ0v) is 10.3. The Morgan fingerprint density at radius 2 is 0.938 bits per heavy atom. The Kier molecular flexibility index (Phi) is 16.2. The van der Waals surface area contributed by atoms with Crippen molar-refractivity contribution in [3.05, 3.63) is 36.5 Å². The van der Waals surface area contributed by atoms with Crippen LogP contribution in [0.3, 0.4) is 0 Å². The molecule has 0 unspecified atom stereocenters. The van der Waals surface area contributed by atoms with Crippen LogP contribution in [0.15, 0.2) is 36.5 Å². The quantitative estimate of drug-likeness (QED) is 0.563. The first-order valence-electron chi connectivity index (χ1n) is 4.47. The molecular weight excluding hydrogens is 208 g/mol. The minimum absolute atomic E-state index is 0.558. The Labute approximate surface area is 96.6 Å². The van der Waals surface area contributed by atoms with Crippen LogP contribution in [0.5, 0.6) is 0 Å². The highest BCUT2D eigenvalue weighted by Gasteiger charge is 1.88. The van der Waals surface area contributed by atoms with E-state index in [1.54, 1.807) is 0 Å². The smallest absolute Gasteiger partial charge is 0.328 e. The van der Waals surface area contributed by atoms with Gasteiger partial charge in [-0.25, -0.2) is 9.59 Å². The molecule has 0 aromatic rings. The maximum absolute atomic E-state index is 9.55. The van der Waals surface area contributed by atoms with Crippen molar-refractivity contribution in [3.8, 4) is 0 Å². The molecule has 0 aliphatic rings. The van der Waals surface area contributed by atoms with Crippen LogP contribution in [-0.2, 0) is 9.59 Å². The molecule has 0 aromatic carbocycles. The Bertz CT molecular complexity index is 239. The first-order valence-corrected chi connectivity index (χ1v) is 4.47. The number of carbonyl (C=O) groups is 2. The summed E-state index contributed by atoms with van der Waals surface area (Å²) in [6.45, 7) is 15.0. The minimum atomic E-state index is -1.26. The summed E-state index contributed by atoms with van der Waals surface area (Å²) in [6.07, 6.45) is 1.12. The van der Waals surface area contributed by atoms with Gasteiger partial charge in [0.05, 0.1) is 0 Å². The van der Waals surface area contributed by atoms with E-state index in [-0.39, 0.29) is 0 Å². The third kappa shape index (κ3) is 152. The molecule has 0 radical (unpaired) electrons. The average molecular weight is 228 g/mol. The molecule has 16 heavy (non-hydrogen) atoms. The second-order valence-electron chi connectivity index (χ2n) is 3.42. The summed E-state index contributed by atoms with van der Waals surface area (Å²) in [5.41, 5.74) is 2.33. The first kappa shape index (κ1) is 19.7. The van der Waals surface area contributed by atoms with Crippen molar-refractivity contribution in [1.82, 2.24) is 0 Å². The molecule has 0 aliphatic carbocycles. The highest BCUT2D eigenvalue weighted by molar-refractivity contribution is 5.89. The SMILES string of the molecule is C=C(C)C.C=C(C)C.O=C(O)/C=C/C(=O)O. The van der Waals surface area contributed by atoms with Crippen LogP contribution in [0, 0.1) is 0 Å². The molecule has 0 saturated heterocycles. The summed E-state index contributed by atoms with van der Waals surface area (Å²) in [4.78, 5) is 19.1. The van der Waals surface area contributed by atoms with E-state index < -0.39 is 11.9 Å². The molecule has 2 N–H and O–H groups in total. The fourth-order valence-electron chi connectivity index (χ4n) is 0.143. The molecule has 4 nitrogen and oxygen atoms in total. The average Bonchev–Trinajstić information content (AvgIpc) is 1.98. The fraction of sp³-hybridized carbons (Fsp3) is 0.333. The van der Waals surface area contributed by atoms with E-state index in [0.717, 1.165) is 0 Å². The van der Waals surface area contributed by atoms with Crippen LogP contribution in [0.4, 0.5) is 0 Å². The lowest BCUT2D eigenvalue weighted by atomic mass is 10.4. The molecule has 0 amide bonds. The summed E-state index contributed by atoms with van der Waals surface area (Å²) in [7, 11) is 0. The number of hydrogen-bond donors (Lipinski definition) is 2. The second kappa shape index (κ2) is 13.2. The van der Waals surface area contributed by atoms with Crippen LogP contribution in [0.25, 0.3) is 0 Å². The maximum atomic E-state index is 9.55. The molecule has 92 valence electrons. The Morgan fingerprint density at radius 1 is 0.812 bits per heavy atom. The molecule has 0 aliphatic heterocycles. The molecule has 0 spiro atoms. The van der Waals surface area contributed by atoms with E-state index in [1.807, 2.05) is 27.7 Å². The van der Waals surface area contributed by atoms with E-state index in [1.165, 1.54) is 11.1 Å². The summed E-state index contributed by atoms with van der Waals surface area (Å²) in [5.74, 6) is -2.51. The molecule has 0 bridgehead atoms. The summed E-state index contributed by atoms with van der Waals surface area (Å²) >= 11 is 0. The first-order chi connectivity index (χ1) is 7.09. The van der Waals surface area contributed by atoms with Gasteiger partial charge in [-0.1, -0.05) is 11.1 Å². The Morgan fingerprint density at radius 3 is 1.00 bits per heavy atom. The molecule has 0 saturated carbocycles. The molecular formula is C12H20O4. The largest absolute Gasteiger partial charge is 0.478 e. The van der Waals surface area contributed by atoms with E-state index in [4.69, 9.17) is 10.2 Å². The van der Waals surface area contributed by atoms with Crippen LogP contribution < -0.4 is 0 Å². The van der Waals surface area contributed by atoms with Gasteiger partial charge in [0.1, 0.15) is 0 Å². The third-order valence-corrected chi connectivity index (χ3v) is 0.368. The van der Waals surface area contributed by atoms with Gasteiger partial charge < -0.3 is 10.2 Å². The molecule has 0 fully saturated rings. The standard InChI is InChI=1S/C4H4O4.2C4H8/c5-3(6)1-2-4(7)8;2*1-4(2)3/h1-2H,(H,5,6)(H,7,8);2*1H2,2-3H3/b2-1+;;. The van der Waals surface area contributed by atoms with Crippen LogP contribution in [0.2, 0.25) is 0 Å². The van der Waals surface area contributed by atoms with Crippen LogP contribution in [-0.4, -0.2) is 22.2 Å². The Balaban J connectivity index is -0.000000179. The summed E-state index contributed by atoms with van der Waals surface area (Å²) < 4.78 is 0. The molecule has 0 rings (SSSR count).